The second-order valence-corrected chi connectivity index (χ2v) is 5.01. The molecule has 0 aromatic heterocycles. The summed E-state index contributed by atoms with van der Waals surface area (Å²) in [6, 6.07) is 4.82. The molecule has 1 aromatic rings. The van der Waals surface area contributed by atoms with Crippen molar-refractivity contribution < 1.29 is 14.7 Å². The standard InChI is InChI=1S/C12H11BrN4O3/c1-6-10(15-17-11(6)19)12(20)16-14-5-7-4-8(13)2-3-9(7)18/h2-6,18H,1H3,(H,16,20)(H,17,19)/b14-5+. The molecular formula is C12H11BrN4O3. The van der Waals surface area contributed by atoms with E-state index in [1.54, 1.807) is 19.1 Å². The number of benzene rings is 1. The number of hydrogen-bond donors (Lipinski definition) is 3. The van der Waals surface area contributed by atoms with Crippen LogP contribution in [-0.2, 0) is 9.59 Å². The van der Waals surface area contributed by atoms with Crippen molar-refractivity contribution in [3.05, 3.63) is 28.2 Å². The number of nitrogens with one attached hydrogen (secondary N) is 2. The highest BCUT2D eigenvalue weighted by atomic mass is 79.9. The van der Waals surface area contributed by atoms with Crippen molar-refractivity contribution >= 4 is 39.7 Å². The Morgan fingerprint density at radius 3 is 3.00 bits per heavy atom. The normalized spacial score (nSPS) is 18.0. The van der Waals surface area contributed by atoms with Crippen LogP contribution in [0.25, 0.3) is 0 Å². The van der Waals surface area contributed by atoms with Gasteiger partial charge in [-0.2, -0.15) is 10.2 Å². The van der Waals surface area contributed by atoms with Crippen molar-refractivity contribution in [3.8, 4) is 5.75 Å². The maximum atomic E-state index is 11.7. The summed E-state index contributed by atoms with van der Waals surface area (Å²) in [6.45, 7) is 1.57. The Hall–Kier alpha value is -2.22. The first kappa shape index (κ1) is 14.2. The SMILES string of the molecule is CC1C(=O)NN=C1C(=O)N/N=C/c1cc(Br)ccc1O. The van der Waals surface area contributed by atoms with E-state index in [2.05, 4.69) is 37.0 Å². The molecule has 0 aliphatic carbocycles. The molecule has 0 saturated heterocycles. The van der Waals surface area contributed by atoms with E-state index < -0.39 is 11.8 Å². The maximum Gasteiger partial charge on any atom is 0.288 e. The summed E-state index contributed by atoms with van der Waals surface area (Å²) < 4.78 is 0.770. The Bertz CT molecular complexity index is 627. The van der Waals surface area contributed by atoms with Crippen molar-refractivity contribution in [2.24, 2.45) is 16.1 Å². The van der Waals surface area contributed by atoms with Gasteiger partial charge in [-0.1, -0.05) is 15.9 Å². The molecule has 1 aliphatic rings. The molecule has 3 N–H and O–H groups in total. The molecule has 1 atom stereocenters. The number of halogens is 1. The van der Waals surface area contributed by atoms with E-state index in [0.29, 0.717) is 5.56 Å². The molecule has 0 fully saturated rings. The van der Waals surface area contributed by atoms with Crippen LogP contribution in [0.5, 0.6) is 5.75 Å². The predicted molar refractivity (Wildman–Crippen MR) is 76.3 cm³/mol. The largest absolute Gasteiger partial charge is 0.507 e. The lowest BCUT2D eigenvalue weighted by Crippen LogP contribution is -2.32. The molecule has 0 bridgehead atoms. The number of phenolic OH excluding ortho intramolecular Hbond substituents is 1. The van der Waals surface area contributed by atoms with Crippen LogP contribution in [0.2, 0.25) is 0 Å². The van der Waals surface area contributed by atoms with Gasteiger partial charge in [-0.05, 0) is 25.1 Å². The third-order valence-corrected chi connectivity index (χ3v) is 3.18. The van der Waals surface area contributed by atoms with E-state index in [4.69, 9.17) is 0 Å². The average Bonchev–Trinajstić information content (AvgIpc) is 2.74. The first-order valence-corrected chi connectivity index (χ1v) is 6.47. The van der Waals surface area contributed by atoms with Crippen molar-refractivity contribution in [3.63, 3.8) is 0 Å². The minimum absolute atomic E-state index is 0.0367. The number of carbonyl (C=O) groups excluding carboxylic acids is 2. The molecule has 0 saturated carbocycles. The molecule has 0 spiro atoms. The second kappa shape index (κ2) is 5.83. The second-order valence-electron chi connectivity index (χ2n) is 4.10. The van der Waals surface area contributed by atoms with Gasteiger partial charge in [0.1, 0.15) is 11.5 Å². The molecule has 104 valence electrons. The molecular weight excluding hydrogens is 328 g/mol. The number of amides is 2. The molecule has 0 radical (unpaired) electrons. The highest BCUT2D eigenvalue weighted by Crippen LogP contribution is 2.19. The quantitative estimate of drug-likeness (QED) is 0.559. The van der Waals surface area contributed by atoms with Gasteiger partial charge in [-0.3, -0.25) is 9.59 Å². The number of carbonyl (C=O) groups is 2. The number of hydrogen-bond acceptors (Lipinski definition) is 5. The van der Waals surface area contributed by atoms with Crippen molar-refractivity contribution in [1.29, 1.82) is 0 Å². The lowest BCUT2D eigenvalue weighted by molar-refractivity contribution is -0.122. The van der Waals surface area contributed by atoms with Gasteiger partial charge in [-0.25, -0.2) is 10.9 Å². The van der Waals surface area contributed by atoms with E-state index >= 15 is 0 Å². The fourth-order valence-corrected chi connectivity index (χ4v) is 1.91. The minimum Gasteiger partial charge on any atom is -0.507 e. The Balaban J connectivity index is 2.02. The molecule has 2 amide bonds. The fraction of sp³-hybridized carbons (Fsp3) is 0.167. The summed E-state index contributed by atoms with van der Waals surface area (Å²) in [4.78, 5) is 22.9. The number of hydrazone groups is 2. The van der Waals surface area contributed by atoms with E-state index in [9.17, 15) is 14.7 Å². The monoisotopic (exact) mass is 338 g/mol. The van der Waals surface area contributed by atoms with E-state index in [-0.39, 0.29) is 17.4 Å². The molecule has 1 aliphatic heterocycles. The van der Waals surface area contributed by atoms with Crippen LogP contribution in [0.3, 0.4) is 0 Å². The van der Waals surface area contributed by atoms with Gasteiger partial charge in [0.05, 0.1) is 12.1 Å². The van der Waals surface area contributed by atoms with E-state index in [1.807, 2.05) is 0 Å². The molecule has 2 rings (SSSR count). The van der Waals surface area contributed by atoms with Gasteiger partial charge in [-0.15, -0.1) is 0 Å². The number of phenols is 1. The van der Waals surface area contributed by atoms with E-state index in [0.717, 1.165) is 4.47 Å². The van der Waals surface area contributed by atoms with Crippen LogP contribution in [0.4, 0.5) is 0 Å². The summed E-state index contributed by atoms with van der Waals surface area (Å²) in [5.41, 5.74) is 4.98. The summed E-state index contributed by atoms with van der Waals surface area (Å²) in [5, 5.41) is 16.9. The van der Waals surface area contributed by atoms with Gasteiger partial charge >= 0.3 is 0 Å². The number of rotatable bonds is 3. The molecule has 8 heteroatoms. The Morgan fingerprint density at radius 2 is 2.35 bits per heavy atom. The topological polar surface area (TPSA) is 103 Å². The summed E-state index contributed by atoms with van der Waals surface area (Å²) in [7, 11) is 0. The summed E-state index contributed by atoms with van der Waals surface area (Å²) in [6.07, 6.45) is 1.30. The maximum absolute atomic E-state index is 11.7. The molecule has 1 unspecified atom stereocenters. The fourth-order valence-electron chi connectivity index (χ4n) is 1.53. The smallest absolute Gasteiger partial charge is 0.288 e. The Morgan fingerprint density at radius 1 is 1.60 bits per heavy atom. The highest BCUT2D eigenvalue weighted by molar-refractivity contribution is 9.10. The zero-order valence-electron chi connectivity index (χ0n) is 10.4. The number of aromatic hydroxyl groups is 1. The van der Waals surface area contributed by atoms with Gasteiger partial charge < -0.3 is 5.11 Å². The highest BCUT2D eigenvalue weighted by Gasteiger charge is 2.30. The predicted octanol–water partition coefficient (Wildman–Crippen LogP) is 0.727. The van der Waals surface area contributed by atoms with Gasteiger partial charge in [0.2, 0.25) is 5.91 Å². The van der Waals surface area contributed by atoms with Crippen LogP contribution < -0.4 is 10.9 Å². The van der Waals surface area contributed by atoms with Crippen LogP contribution in [0, 0.1) is 5.92 Å². The van der Waals surface area contributed by atoms with Crippen LogP contribution in [0.1, 0.15) is 12.5 Å². The number of nitrogens with zero attached hydrogens (tertiary/aromatic N) is 2. The molecule has 1 heterocycles. The summed E-state index contributed by atoms with van der Waals surface area (Å²) in [5.74, 6) is -1.47. The minimum atomic E-state index is -0.607. The third-order valence-electron chi connectivity index (χ3n) is 2.68. The first-order valence-electron chi connectivity index (χ1n) is 5.68. The van der Waals surface area contributed by atoms with Crippen molar-refractivity contribution in [2.75, 3.05) is 0 Å². The van der Waals surface area contributed by atoms with Crippen molar-refractivity contribution in [2.45, 2.75) is 6.92 Å². The zero-order chi connectivity index (χ0) is 14.7. The molecule has 20 heavy (non-hydrogen) atoms. The Kier molecular flexibility index (Phi) is 4.14. The molecule has 1 aromatic carbocycles. The van der Waals surface area contributed by atoms with Crippen LogP contribution in [-0.4, -0.2) is 28.8 Å². The third kappa shape index (κ3) is 3.02. The lowest BCUT2D eigenvalue weighted by atomic mass is 10.1. The lowest BCUT2D eigenvalue weighted by Gasteiger charge is -2.02. The van der Waals surface area contributed by atoms with E-state index in [1.165, 1.54) is 12.3 Å². The van der Waals surface area contributed by atoms with Gasteiger partial charge in [0.25, 0.3) is 5.91 Å². The van der Waals surface area contributed by atoms with Gasteiger partial charge in [0, 0.05) is 10.0 Å². The zero-order valence-corrected chi connectivity index (χ0v) is 12.0. The molecule has 7 nitrogen and oxygen atoms in total. The average molecular weight is 339 g/mol. The first-order chi connectivity index (χ1) is 9.49. The Labute approximate surface area is 122 Å². The summed E-state index contributed by atoms with van der Waals surface area (Å²) >= 11 is 3.26. The van der Waals surface area contributed by atoms with Gasteiger partial charge in [0.15, 0.2) is 0 Å². The van der Waals surface area contributed by atoms with Crippen LogP contribution in [0.15, 0.2) is 32.9 Å². The van der Waals surface area contributed by atoms with Crippen LogP contribution >= 0.6 is 15.9 Å². The van der Waals surface area contributed by atoms with Crippen molar-refractivity contribution in [1.82, 2.24) is 10.9 Å².